The Morgan fingerprint density at radius 1 is 1.18 bits per heavy atom. The Hall–Kier alpha value is -0.450. The molecular weight excluding hydrogens is 287 g/mol. The zero-order valence-electron chi connectivity index (χ0n) is 10.0. The first-order chi connectivity index (χ1) is 7.97. The zero-order chi connectivity index (χ0) is 12.5. The lowest BCUT2D eigenvalue weighted by Crippen LogP contribution is -2.46. The third-order valence-electron chi connectivity index (χ3n) is 2.85. The lowest BCUT2D eigenvalue weighted by atomic mass is 9.94. The molecule has 0 atom stereocenters. The number of halogens is 2. The molecule has 4 heteroatoms. The highest BCUT2D eigenvalue weighted by Gasteiger charge is 2.41. The van der Waals surface area contributed by atoms with Crippen molar-refractivity contribution in [1.29, 1.82) is 0 Å². The molecule has 0 aliphatic carbocycles. The largest absolute Gasteiger partial charge is 0.345 e. The van der Waals surface area contributed by atoms with Crippen LogP contribution < -0.4 is 0 Å². The highest BCUT2D eigenvalue weighted by Crippen LogP contribution is 2.37. The van der Waals surface area contributed by atoms with Crippen molar-refractivity contribution in [2.75, 3.05) is 18.5 Å². The average Bonchev–Trinajstić information content (AvgIpc) is 2.31. The molecule has 0 amide bonds. The predicted molar refractivity (Wildman–Crippen MR) is 67.6 cm³/mol. The summed E-state index contributed by atoms with van der Waals surface area (Å²) in [5.74, 6) is -1.04. The minimum Gasteiger partial charge on any atom is -0.345 e. The molecule has 94 valence electrons. The van der Waals surface area contributed by atoms with E-state index in [4.69, 9.17) is 9.47 Å². The summed E-state index contributed by atoms with van der Waals surface area (Å²) in [5, 5.41) is 0.529. The van der Waals surface area contributed by atoms with Gasteiger partial charge in [-0.15, -0.1) is 0 Å². The maximum Gasteiger partial charge on any atom is 0.204 e. The second-order valence-corrected chi connectivity index (χ2v) is 5.70. The lowest BCUT2D eigenvalue weighted by molar-refractivity contribution is -0.294. The second-order valence-electron chi connectivity index (χ2n) is 5.13. The molecule has 0 saturated carbocycles. The lowest BCUT2D eigenvalue weighted by Gasteiger charge is -2.42. The average molecular weight is 303 g/mol. The number of ether oxygens (including phenoxy) is 2. The van der Waals surface area contributed by atoms with E-state index in [0.717, 1.165) is 5.56 Å². The van der Waals surface area contributed by atoms with Crippen LogP contribution in [-0.4, -0.2) is 18.5 Å². The molecule has 1 aliphatic heterocycles. The van der Waals surface area contributed by atoms with Gasteiger partial charge in [0.1, 0.15) is 5.82 Å². The van der Waals surface area contributed by atoms with E-state index in [1.807, 2.05) is 0 Å². The van der Waals surface area contributed by atoms with E-state index in [1.54, 1.807) is 12.1 Å². The van der Waals surface area contributed by atoms with E-state index in [-0.39, 0.29) is 11.2 Å². The Morgan fingerprint density at radius 3 is 2.18 bits per heavy atom. The summed E-state index contributed by atoms with van der Waals surface area (Å²) < 4.78 is 24.6. The molecule has 2 nitrogen and oxygen atoms in total. The maximum atomic E-state index is 12.9. The molecule has 2 rings (SSSR count). The van der Waals surface area contributed by atoms with Gasteiger partial charge in [-0.1, -0.05) is 41.9 Å². The summed E-state index contributed by atoms with van der Waals surface area (Å²) in [5.41, 5.74) is 0.859. The molecule has 0 spiro atoms. The number of alkyl halides is 1. The molecule has 1 fully saturated rings. The van der Waals surface area contributed by atoms with Crippen LogP contribution in [0.2, 0.25) is 0 Å². The van der Waals surface area contributed by atoms with Crippen molar-refractivity contribution in [3.63, 3.8) is 0 Å². The minimum atomic E-state index is -0.788. The number of benzene rings is 1. The fourth-order valence-electron chi connectivity index (χ4n) is 1.73. The summed E-state index contributed by atoms with van der Waals surface area (Å²) in [6.07, 6.45) is 0. The van der Waals surface area contributed by atoms with E-state index in [2.05, 4.69) is 29.8 Å². The van der Waals surface area contributed by atoms with Gasteiger partial charge in [0.05, 0.1) is 18.5 Å². The Balaban J connectivity index is 2.24. The molecule has 0 aromatic heterocycles. The van der Waals surface area contributed by atoms with E-state index in [0.29, 0.717) is 18.5 Å². The summed E-state index contributed by atoms with van der Waals surface area (Å²) in [7, 11) is 0. The van der Waals surface area contributed by atoms with Crippen LogP contribution in [0.4, 0.5) is 4.39 Å². The Bertz CT molecular complexity index is 379. The van der Waals surface area contributed by atoms with Gasteiger partial charge in [-0.25, -0.2) is 4.39 Å². The van der Waals surface area contributed by atoms with E-state index in [9.17, 15) is 4.39 Å². The molecular formula is C13H16BrFO2. The summed E-state index contributed by atoms with van der Waals surface area (Å²) in [6, 6.07) is 6.25. The number of rotatable bonds is 2. The molecule has 1 aromatic rings. The minimum absolute atomic E-state index is 0.0195. The Labute approximate surface area is 109 Å². The van der Waals surface area contributed by atoms with Crippen LogP contribution in [0, 0.1) is 11.2 Å². The molecule has 1 aliphatic rings. The van der Waals surface area contributed by atoms with Crippen LogP contribution in [0.5, 0.6) is 0 Å². The Morgan fingerprint density at radius 2 is 1.71 bits per heavy atom. The van der Waals surface area contributed by atoms with Crippen molar-refractivity contribution in [3.8, 4) is 0 Å². The van der Waals surface area contributed by atoms with Gasteiger partial charge in [-0.2, -0.15) is 0 Å². The van der Waals surface area contributed by atoms with E-state index >= 15 is 0 Å². The first kappa shape index (κ1) is 13.0. The van der Waals surface area contributed by atoms with Crippen molar-refractivity contribution in [2.45, 2.75) is 19.6 Å². The van der Waals surface area contributed by atoms with Gasteiger partial charge in [0.15, 0.2) is 0 Å². The third kappa shape index (κ3) is 2.69. The molecule has 1 heterocycles. The fourth-order valence-corrected chi connectivity index (χ4v) is 2.38. The van der Waals surface area contributed by atoms with Crippen molar-refractivity contribution in [3.05, 3.63) is 35.6 Å². The van der Waals surface area contributed by atoms with Crippen molar-refractivity contribution in [1.82, 2.24) is 0 Å². The van der Waals surface area contributed by atoms with Gasteiger partial charge < -0.3 is 9.47 Å². The van der Waals surface area contributed by atoms with Crippen LogP contribution in [0.25, 0.3) is 0 Å². The van der Waals surface area contributed by atoms with Gasteiger partial charge in [0.25, 0.3) is 0 Å². The van der Waals surface area contributed by atoms with Gasteiger partial charge in [0.2, 0.25) is 5.79 Å². The quantitative estimate of drug-likeness (QED) is 0.779. The first-order valence-electron chi connectivity index (χ1n) is 5.57. The molecule has 1 saturated heterocycles. The summed E-state index contributed by atoms with van der Waals surface area (Å²) >= 11 is 3.42. The van der Waals surface area contributed by atoms with E-state index in [1.165, 1.54) is 12.1 Å². The summed E-state index contributed by atoms with van der Waals surface area (Å²) in [4.78, 5) is 0. The molecule has 0 N–H and O–H groups in total. The van der Waals surface area contributed by atoms with Crippen LogP contribution in [0.3, 0.4) is 0 Å². The van der Waals surface area contributed by atoms with Crippen LogP contribution >= 0.6 is 15.9 Å². The molecule has 17 heavy (non-hydrogen) atoms. The van der Waals surface area contributed by atoms with Crippen LogP contribution in [-0.2, 0) is 15.3 Å². The zero-order valence-corrected chi connectivity index (χ0v) is 11.6. The van der Waals surface area contributed by atoms with Crippen molar-refractivity contribution in [2.24, 2.45) is 5.41 Å². The highest BCUT2D eigenvalue weighted by molar-refractivity contribution is 9.09. The number of hydrogen-bond donors (Lipinski definition) is 0. The smallest absolute Gasteiger partial charge is 0.204 e. The normalized spacial score (nSPS) is 22.4. The maximum absolute atomic E-state index is 12.9. The SMILES string of the molecule is CC1(C)COC(CBr)(c2ccc(F)cc2)OC1. The predicted octanol–water partition coefficient (Wildman–Crippen LogP) is 3.45. The number of hydrogen-bond acceptors (Lipinski definition) is 2. The Kier molecular flexibility index (Phi) is 3.57. The molecule has 1 aromatic carbocycles. The molecule has 0 unspecified atom stereocenters. The topological polar surface area (TPSA) is 18.5 Å². The monoisotopic (exact) mass is 302 g/mol. The van der Waals surface area contributed by atoms with Crippen molar-refractivity contribution >= 4 is 15.9 Å². The third-order valence-corrected chi connectivity index (χ3v) is 3.59. The van der Waals surface area contributed by atoms with Crippen LogP contribution in [0.15, 0.2) is 24.3 Å². The standard InChI is InChI=1S/C13H16BrFO2/c1-12(2)8-16-13(7-14,17-9-12)10-3-5-11(15)6-4-10/h3-6H,7-9H2,1-2H3. The van der Waals surface area contributed by atoms with Gasteiger partial charge in [0, 0.05) is 11.0 Å². The molecule has 0 radical (unpaired) electrons. The van der Waals surface area contributed by atoms with E-state index < -0.39 is 5.79 Å². The molecule has 0 bridgehead atoms. The van der Waals surface area contributed by atoms with Crippen LogP contribution in [0.1, 0.15) is 19.4 Å². The first-order valence-corrected chi connectivity index (χ1v) is 6.70. The van der Waals surface area contributed by atoms with Crippen molar-refractivity contribution < 1.29 is 13.9 Å². The highest BCUT2D eigenvalue weighted by atomic mass is 79.9. The summed E-state index contributed by atoms with van der Waals surface area (Å²) in [6.45, 7) is 5.43. The fraction of sp³-hybridized carbons (Fsp3) is 0.538. The van der Waals surface area contributed by atoms with Gasteiger partial charge in [-0.3, -0.25) is 0 Å². The van der Waals surface area contributed by atoms with Gasteiger partial charge >= 0.3 is 0 Å². The second kappa shape index (κ2) is 4.67. The van der Waals surface area contributed by atoms with Gasteiger partial charge in [-0.05, 0) is 12.1 Å².